The fourth-order valence-electron chi connectivity index (χ4n) is 3.20. The van der Waals surface area contributed by atoms with Gasteiger partial charge in [-0.15, -0.1) is 0 Å². The molecule has 1 amide bonds. The summed E-state index contributed by atoms with van der Waals surface area (Å²) in [6.45, 7) is 2.59. The zero-order valence-corrected chi connectivity index (χ0v) is 13.9. The molecule has 1 fully saturated rings. The highest BCUT2D eigenvalue weighted by atomic mass is 16.2. The third-order valence-electron chi connectivity index (χ3n) is 4.39. The number of carbonyl (C=O) groups is 1. The van der Waals surface area contributed by atoms with E-state index < -0.39 is 0 Å². The van der Waals surface area contributed by atoms with E-state index in [9.17, 15) is 4.79 Å². The first kappa shape index (κ1) is 15.4. The minimum atomic E-state index is -0.0155. The number of likely N-dealkylation sites (tertiary alicyclic amines) is 1. The first-order chi connectivity index (χ1) is 12.2. The van der Waals surface area contributed by atoms with Gasteiger partial charge >= 0.3 is 0 Å². The third kappa shape index (κ3) is 3.00. The van der Waals surface area contributed by atoms with Crippen molar-refractivity contribution >= 4 is 5.91 Å². The van der Waals surface area contributed by atoms with Crippen molar-refractivity contribution in [3.63, 3.8) is 0 Å². The second-order valence-electron chi connectivity index (χ2n) is 6.04. The lowest BCUT2D eigenvalue weighted by Gasteiger charge is -2.24. The van der Waals surface area contributed by atoms with Gasteiger partial charge in [-0.05, 0) is 44.0 Å². The maximum absolute atomic E-state index is 12.9. The second kappa shape index (κ2) is 6.43. The van der Waals surface area contributed by atoms with E-state index in [4.69, 9.17) is 0 Å². The van der Waals surface area contributed by atoms with Crippen molar-refractivity contribution in [1.82, 2.24) is 29.6 Å². The van der Waals surface area contributed by atoms with Crippen LogP contribution in [0.15, 0.2) is 49.1 Å². The molecule has 1 aliphatic rings. The largest absolute Gasteiger partial charge is 0.330 e. The van der Waals surface area contributed by atoms with Crippen LogP contribution in [-0.4, -0.2) is 42.1 Å². The van der Waals surface area contributed by atoms with Gasteiger partial charge in [0.25, 0.3) is 5.91 Å². The standard InChI is InChI=1S/C18H18N6O/c1-13-19-9-7-15(22-13)16-4-2-10-23(16)18(25)14-5-6-17(20-12-14)24-11-3-8-21-24/h3,5-9,11-12,16H,2,4,10H2,1H3/t16-/m1/s1. The summed E-state index contributed by atoms with van der Waals surface area (Å²) < 4.78 is 1.66. The van der Waals surface area contributed by atoms with E-state index >= 15 is 0 Å². The number of aromatic nitrogens is 5. The number of hydrogen-bond acceptors (Lipinski definition) is 5. The van der Waals surface area contributed by atoms with Crippen LogP contribution in [-0.2, 0) is 0 Å². The minimum Gasteiger partial charge on any atom is -0.330 e. The molecule has 4 heterocycles. The van der Waals surface area contributed by atoms with Gasteiger partial charge in [-0.25, -0.2) is 19.6 Å². The average Bonchev–Trinajstić information content (AvgIpc) is 3.33. The van der Waals surface area contributed by atoms with Crippen molar-refractivity contribution in [2.75, 3.05) is 6.54 Å². The van der Waals surface area contributed by atoms with E-state index in [1.54, 1.807) is 35.4 Å². The molecule has 3 aromatic heterocycles. The van der Waals surface area contributed by atoms with Crippen molar-refractivity contribution in [3.05, 3.63) is 66.1 Å². The number of aryl methyl sites for hydroxylation is 1. The van der Waals surface area contributed by atoms with Crippen LogP contribution < -0.4 is 0 Å². The monoisotopic (exact) mass is 334 g/mol. The van der Waals surface area contributed by atoms with Crippen molar-refractivity contribution < 1.29 is 4.79 Å². The lowest BCUT2D eigenvalue weighted by molar-refractivity contribution is 0.0732. The Hall–Kier alpha value is -3.09. The van der Waals surface area contributed by atoms with E-state index in [2.05, 4.69) is 20.1 Å². The molecule has 0 unspecified atom stereocenters. The Morgan fingerprint density at radius 3 is 2.84 bits per heavy atom. The zero-order chi connectivity index (χ0) is 17.2. The number of hydrogen-bond donors (Lipinski definition) is 0. The molecular formula is C18H18N6O. The van der Waals surface area contributed by atoms with Gasteiger partial charge < -0.3 is 4.90 Å². The van der Waals surface area contributed by atoms with Crippen LogP contribution in [0.2, 0.25) is 0 Å². The highest BCUT2D eigenvalue weighted by Gasteiger charge is 2.31. The molecule has 1 saturated heterocycles. The molecule has 0 N–H and O–H groups in total. The Bertz CT molecular complexity index is 875. The molecule has 3 aromatic rings. The first-order valence-electron chi connectivity index (χ1n) is 8.29. The Morgan fingerprint density at radius 1 is 1.20 bits per heavy atom. The van der Waals surface area contributed by atoms with E-state index in [-0.39, 0.29) is 11.9 Å². The molecule has 4 rings (SSSR count). The maximum atomic E-state index is 12.9. The number of pyridine rings is 1. The van der Waals surface area contributed by atoms with Gasteiger partial charge in [0.05, 0.1) is 17.3 Å². The maximum Gasteiger partial charge on any atom is 0.255 e. The highest BCUT2D eigenvalue weighted by molar-refractivity contribution is 5.94. The molecule has 7 nitrogen and oxygen atoms in total. The normalized spacial score (nSPS) is 17.0. The van der Waals surface area contributed by atoms with Crippen LogP contribution in [0, 0.1) is 6.92 Å². The predicted octanol–water partition coefficient (Wildman–Crippen LogP) is 2.34. The lowest BCUT2D eigenvalue weighted by Crippen LogP contribution is -2.31. The van der Waals surface area contributed by atoms with E-state index in [1.165, 1.54) is 0 Å². The molecule has 126 valence electrons. The van der Waals surface area contributed by atoms with Crippen LogP contribution in [0.5, 0.6) is 0 Å². The number of amides is 1. The van der Waals surface area contributed by atoms with Gasteiger partial charge in [-0.1, -0.05) is 0 Å². The van der Waals surface area contributed by atoms with E-state index in [0.29, 0.717) is 11.4 Å². The molecule has 0 aromatic carbocycles. The van der Waals surface area contributed by atoms with E-state index in [1.807, 2.05) is 30.2 Å². The Kier molecular flexibility index (Phi) is 3.97. The molecular weight excluding hydrogens is 316 g/mol. The highest BCUT2D eigenvalue weighted by Crippen LogP contribution is 2.31. The van der Waals surface area contributed by atoms with Crippen molar-refractivity contribution in [3.8, 4) is 5.82 Å². The first-order valence-corrected chi connectivity index (χ1v) is 8.29. The molecule has 0 aliphatic carbocycles. The lowest BCUT2D eigenvalue weighted by atomic mass is 10.1. The zero-order valence-electron chi connectivity index (χ0n) is 13.9. The quantitative estimate of drug-likeness (QED) is 0.735. The van der Waals surface area contributed by atoms with Crippen molar-refractivity contribution in [2.45, 2.75) is 25.8 Å². The molecule has 7 heteroatoms. The summed E-state index contributed by atoms with van der Waals surface area (Å²) in [7, 11) is 0. The Morgan fingerprint density at radius 2 is 2.12 bits per heavy atom. The summed E-state index contributed by atoms with van der Waals surface area (Å²) in [6.07, 6.45) is 8.76. The van der Waals surface area contributed by atoms with Gasteiger partial charge in [-0.2, -0.15) is 5.10 Å². The van der Waals surface area contributed by atoms with Gasteiger partial charge in [0.15, 0.2) is 5.82 Å². The summed E-state index contributed by atoms with van der Waals surface area (Å²) in [6, 6.07) is 7.33. The molecule has 0 bridgehead atoms. The molecule has 0 radical (unpaired) electrons. The Labute approximate surface area is 145 Å². The SMILES string of the molecule is Cc1nccc([C@H]2CCCN2C(=O)c2ccc(-n3cccn3)nc2)n1. The van der Waals surface area contributed by atoms with E-state index in [0.717, 1.165) is 30.9 Å². The number of nitrogens with zero attached hydrogens (tertiary/aromatic N) is 6. The average molecular weight is 334 g/mol. The molecule has 1 aliphatic heterocycles. The topological polar surface area (TPSA) is 76.8 Å². The van der Waals surface area contributed by atoms with Crippen LogP contribution >= 0.6 is 0 Å². The number of rotatable bonds is 3. The van der Waals surface area contributed by atoms with Crippen molar-refractivity contribution in [1.29, 1.82) is 0 Å². The Balaban J connectivity index is 1.57. The fourth-order valence-corrected chi connectivity index (χ4v) is 3.20. The summed E-state index contributed by atoms with van der Waals surface area (Å²) in [5.74, 6) is 1.39. The van der Waals surface area contributed by atoms with Gasteiger partial charge in [-0.3, -0.25) is 4.79 Å². The van der Waals surface area contributed by atoms with Crippen LogP contribution in [0.4, 0.5) is 0 Å². The molecule has 0 saturated carbocycles. The van der Waals surface area contributed by atoms with Crippen LogP contribution in [0.3, 0.4) is 0 Å². The summed E-state index contributed by atoms with van der Waals surface area (Å²) >= 11 is 0. The van der Waals surface area contributed by atoms with Gasteiger partial charge in [0, 0.05) is 31.3 Å². The van der Waals surface area contributed by atoms with Crippen molar-refractivity contribution in [2.24, 2.45) is 0 Å². The second-order valence-corrected chi connectivity index (χ2v) is 6.04. The smallest absolute Gasteiger partial charge is 0.255 e. The summed E-state index contributed by atoms with van der Waals surface area (Å²) in [4.78, 5) is 27.8. The van der Waals surface area contributed by atoms with Crippen LogP contribution in [0.25, 0.3) is 5.82 Å². The summed E-state index contributed by atoms with van der Waals surface area (Å²) in [5, 5.41) is 4.14. The number of carbonyl (C=O) groups excluding carboxylic acids is 1. The minimum absolute atomic E-state index is 0.00000745. The summed E-state index contributed by atoms with van der Waals surface area (Å²) in [5.41, 5.74) is 1.48. The third-order valence-corrected chi connectivity index (χ3v) is 4.39. The van der Waals surface area contributed by atoms with Gasteiger partial charge in [0.1, 0.15) is 5.82 Å². The van der Waals surface area contributed by atoms with Gasteiger partial charge in [0.2, 0.25) is 0 Å². The predicted molar refractivity (Wildman–Crippen MR) is 91.1 cm³/mol. The molecule has 25 heavy (non-hydrogen) atoms. The molecule has 1 atom stereocenters. The molecule has 0 spiro atoms. The fraction of sp³-hybridized carbons (Fsp3) is 0.278. The van der Waals surface area contributed by atoms with Crippen LogP contribution in [0.1, 0.15) is 40.8 Å².